The lowest BCUT2D eigenvalue weighted by atomic mass is 10.2. The zero-order chi connectivity index (χ0) is 25.7. The van der Waals surface area contributed by atoms with Crippen molar-refractivity contribution in [2.45, 2.75) is 20.0 Å². The van der Waals surface area contributed by atoms with Crippen LogP contribution in [0, 0.1) is 0 Å². The van der Waals surface area contributed by atoms with E-state index in [0.717, 1.165) is 0 Å². The molecule has 0 aromatic rings. The maximum Gasteiger partial charge on any atom is 0.303 e. The van der Waals surface area contributed by atoms with Gasteiger partial charge in [0.05, 0.1) is 21.4 Å². The lowest BCUT2D eigenvalue weighted by molar-refractivity contribution is -0.158. The molecule has 0 heterocycles. The maximum absolute atomic E-state index is 12.7. The second-order valence-electron chi connectivity index (χ2n) is 6.21. The van der Waals surface area contributed by atoms with Crippen molar-refractivity contribution in [1.82, 2.24) is 10.2 Å². The average molecular weight is 823 g/mol. The molecule has 1 N–H and O–H groups in total. The first-order chi connectivity index (χ1) is 15.3. The molecule has 14 heteroatoms. The molecular formula is C19H22ClI3N2O8. The minimum absolute atomic E-state index is 0.0108. The summed E-state index contributed by atoms with van der Waals surface area (Å²) in [4.78, 5) is 60.2. The number of halogens is 4. The minimum Gasteiger partial charge on any atom is -0.462 e. The van der Waals surface area contributed by atoms with Gasteiger partial charge in [0.25, 0.3) is 5.24 Å². The molecule has 2 amide bonds. The Bertz CT molecular complexity index is 873. The van der Waals surface area contributed by atoms with Crippen LogP contribution in [0.25, 0.3) is 0 Å². The van der Waals surface area contributed by atoms with Gasteiger partial charge >= 0.3 is 11.9 Å². The fraction of sp³-hybridized carbons (Fsp3) is 0.421. The third-order valence-electron chi connectivity index (χ3n) is 3.46. The van der Waals surface area contributed by atoms with Crippen LogP contribution in [-0.2, 0) is 38.2 Å². The highest BCUT2D eigenvalue weighted by atomic mass is 127. The number of carbonyl (C=O) groups is 5. The molecule has 184 valence electrons. The van der Waals surface area contributed by atoms with E-state index in [9.17, 15) is 24.0 Å². The number of allylic oxidation sites excluding steroid dienone is 3. The summed E-state index contributed by atoms with van der Waals surface area (Å²) in [5.41, 5.74) is 0.318. The Morgan fingerprint density at radius 1 is 1.12 bits per heavy atom. The van der Waals surface area contributed by atoms with Crippen molar-refractivity contribution < 1.29 is 38.2 Å². The number of hydrogen-bond donors (Lipinski definition) is 1. The zero-order valence-electron chi connectivity index (χ0n) is 18.1. The van der Waals surface area contributed by atoms with Gasteiger partial charge in [-0.15, -0.1) is 0 Å². The SMILES string of the molecule is COCC(=O)NC(=CI)C(I)=C(C(=O)Cl)C(I)=CC(=O)N(C)CC(COC(C)=O)OC(C)=O. The molecule has 0 fully saturated rings. The number of carbonyl (C=O) groups excluding carboxylic acids is 5. The molecule has 0 saturated heterocycles. The van der Waals surface area contributed by atoms with Gasteiger partial charge in [-0.05, 0) is 56.8 Å². The number of methoxy groups -OCH3 is 1. The lowest BCUT2D eigenvalue weighted by Crippen LogP contribution is -2.38. The number of amides is 2. The summed E-state index contributed by atoms with van der Waals surface area (Å²) >= 11 is 11.3. The summed E-state index contributed by atoms with van der Waals surface area (Å²) in [6.45, 7) is 1.93. The summed E-state index contributed by atoms with van der Waals surface area (Å²) in [7, 11) is 2.82. The Balaban J connectivity index is 5.75. The van der Waals surface area contributed by atoms with E-state index in [1.54, 1.807) is 26.7 Å². The largest absolute Gasteiger partial charge is 0.462 e. The average Bonchev–Trinajstić information content (AvgIpc) is 2.69. The van der Waals surface area contributed by atoms with E-state index in [1.165, 1.54) is 39.0 Å². The smallest absolute Gasteiger partial charge is 0.303 e. The summed E-state index contributed by atoms with van der Waals surface area (Å²) in [5, 5.41) is 1.77. The Labute approximate surface area is 237 Å². The van der Waals surface area contributed by atoms with Crippen molar-refractivity contribution in [3.63, 3.8) is 0 Å². The molecule has 0 rings (SSSR count). The summed E-state index contributed by atoms with van der Waals surface area (Å²) in [5.74, 6) is -2.12. The molecule has 33 heavy (non-hydrogen) atoms. The molecule has 1 atom stereocenters. The highest BCUT2D eigenvalue weighted by Crippen LogP contribution is 2.31. The van der Waals surface area contributed by atoms with Gasteiger partial charge in [0.2, 0.25) is 11.8 Å². The van der Waals surface area contributed by atoms with Crippen molar-refractivity contribution >= 4 is 108 Å². The molecule has 0 radical (unpaired) electrons. The molecular weight excluding hydrogens is 800 g/mol. The van der Waals surface area contributed by atoms with E-state index in [2.05, 4.69) is 5.32 Å². The van der Waals surface area contributed by atoms with Crippen LogP contribution in [0.15, 0.2) is 28.6 Å². The predicted octanol–water partition coefficient (Wildman–Crippen LogP) is 2.75. The Kier molecular flexibility index (Phi) is 16.4. The van der Waals surface area contributed by atoms with Crippen molar-refractivity contribution in [2.75, 3.05) is 33.9 Å². The van der Waals surface area contributed by atoms with Crippen LogP contribution in [0.2, 0.25) is 0 Å². The molecule has 0 aromatic carbocycles. The van der Waals surface area contributed by atoms with Gasteiger partial charge < -0.3 is 24.4 Å². The van der Waals surface area contributed by atoms with Gasteiger partial charge in [0.15, 0.2) is 6.10 Å². The molecule has 0 saturated carbocycles. The first kappa shape index (κ1) is 32.2. The fourth-order valence-electron chi connectivity index (χ4n) is 2.12. The molecule has 0 spiro atoms. The van der Waals surface area contributed by atoms with E-state index in [-0.39, 0.29) is 28.9 Å². The molecule has 0 bridgehead atoms. The monoisotopic (exact) mass is 822 g/mol. The van der Waals surface area contributed by atoms with E-state index < -0.39 is 35.1 Å². The Hall–Kier alpha value is -0.790. The third-order valence-corrected chi connectivity index (χ3v) is 6.24. The van der Waals surface area contributed by atoms with Crippen LogP contribution in [0.4, 0.5) is 0 Å². The van der Waals surface area contributed by atoms with Crippen LogP contribution in [0.3, 0.4) is 0 Å². The second kappa shape index (κ2) is 16.8. The molecule has 0 aliphatic rings. The van der Waals surface area contributed by atoms with E-state index in [0.29, 0.717) is 9.28 Å². The number of likely N-dealkylation sites (N-methyl/N-ethyl adjacent to an activating group) is 1. The van der Waals surface area contributed by atoms with Crippen molar-refractivity contribution in [1.29, 1.82) is 0 Å². The van der Waals surface area contributed by atoms with Crippen LogP contribution >= 0.6 is 79.4 Å². The van der Waals surface area contributed by atoms with Crippen LogP contribution < -0.4 is 5.32 Å². The highest BCUT2D eigenvalue weighted by molar-refractivity contribution is 14.1. The number of hydrogen-bond acceptors (Lipinski definition) is 8. The molecule has 0 aliphatic heterocycles. The second-order valence-corrected chi connectivity index (χ2v) is 9.42. The summed E-state index contributed by atoms with van der Waals surface area (Å²) in [6.07, 6.45) is 0.300. The van der Waals surface area contributed by atoms with Gasteiger partial charge in [-0.25, -0.2) is 0 Å². The fourth-order valence-corrected chi connectivity index (χ4v) is 5.82. The number of nitrogens with zero attached hydrogens (tertiary/aromatic N) is 1. The number of nitrogens with one attached hydrogen (secondary N) is 1. The van der Waals surface area contributed by atoms with E-state index in [1.807, 2.05) is 45.2 Å². The van der Waals surface area contributed by atoms with Gasteiger partial charge in [0, 0.05) is 41.7 Å². The van der Waals surface area contributed by atoms with Gasteiger partial charge in [0.1, 0.15) is 13.2 Å². The van der Waals surface area contributed by atoms with Crippen molar-refractivity contribution in [3.8, 4) is 0 Å². The number of esters is 2. The van der Waals surface area contributed by atoms with Gasteiger partial charge in [-0.2, -0.15) is 0 Å². The van der Waals surface area contributed by atoms with Crippen LogP contribution in [-0.4, -0.2) is 73.9 Å². The Morgan fingerprint density at radius 2 is 1.73 bits per heavy atom. The standard InChI is InChI=1S/C19H22ClI3N2O8/c1-10(26)32-8-12(33-11(2)27)7-25(3)16(29)5-13(22)17(19(20)30)18(23)14(6-21)24-15(28)9-31-4/h5-6,12H,7-9H2,1-4H3,(H,24,28). The van der Waals surface area contributed by atoms with Crippen LogP contribution in [0.1, 0.15) is 13.8 Å². The third kappa shape index (κ3) is 13.0. The number of rotatable bonds is 12. The maximum atomic E-state index is 12.7. The molecule has 1 unspecified atom stereocenters. The minimum atomic E-state index is -0.874. The Morgan fingerprint density at radius 3 is 2.18 bits per heavy atom. The lowest BCUT2D eigenvalue weighted by Gasteiger charge is -2.23. The summed E-state index contributed by atoms with van der Waals surface area (Å²) in [6, 6.07) is 0. The molecule has 0 aromatic heterocycles. The molecule has 0 aliphatic carbocycles. The zero-order valence-corrected chi connectivity index (χ0v) is 25.3. The van der Waals surface area contributed by atoms with E-state index in [4.69, 9.17) is 25.8 Å². The first-order valence-electron chi connectivity index (χ1n) is 8.96. The highest BCUT2D eigenvalue weighted by Gasteiger charge is 2.22. The quantitative estimate of drug-likeness (QED) is 0.105. The topological polar surface area (TPSA) is 128 Å². The van der Waals surface area contributed by atoms with Crippen molar-refractivity contribution in [3.05, 3.63) is 28.6 Å². The summed E-state index contributed by atoms with van der Waals surface area (Å²) < 4.78 is 16.8. The normalized spacial score (nSPS) is 13.5. The van der Waals surface area contributed by atoms with Gasteiger partial charge in [-0.1, -0.05) is 22.6 Å². The van der Waals surface area contributed by atoms with Gasteiger partial charge in [-0.3, -0.25) is 24.0 Å². The number of ether oxygens (including phenoxy) is 3. The van der Waals surface area contributed by atoms with Crippen LogP contribution in [0.5, 0.6) is 0 Å². The van der Waals surface area contributed by atoms with E-state index >= 15 is 0 Å². The molecule has 10 nitrogen and oxygen atoms in total. The van der Waals surface area contributed by atoms with Crippen molar-refractivity contribution in [2.24, 2.45) is 0 Å². The predicted molar refractivity (Wildman–Crippen MR) is 146 cm³/mol. The first-order valence-corrected chi connectivity index (χ1v) is 12.7.